The molecule has 1 aliphatic carbocycles. The van der Waals surface area contributed by atoms with Crippen LogP contribution in [0, 0.1) is 38.5 Å². The average Bonchev–Trinajstić information content (AvgIpc) is 3.06. The summed E-state index contributed by atoms with van der Waals surface area (Å²) in [5.74, 6) is 0.324. The molecule has 1 aromatic carbocycles. The third-order valence-electron chi connectivity index (χ3n) is 3.64. The zero-order valence-corrected chi connectivity index (χ0v) is 12.6. The van der Waals surface area contributed by atoms with Crippen LogP contribution in [0.1, 0.15) is 15.9 Å². The number of hydrogen-bond donors (Lipinski definition) is 0. The van der Waals surface area contributed by atoms with Crippen LogP contribution in [0.5, 0.6) is 0 Å². The molecule has 1 heterocycles. The molecule has 5 heteroatoms. The van der Waals surface area contributed by atoms with Gasteiger partial charge in [-0.1, -0.05) is 18.2 Å². The standard InChI is InChI=1S/C18H15N2O3/c1-13-11-19(12-14-7-5-6-8-14)18(23)20(16(13)21)17(22)15-9-3-2-4-10-15/h2-11H,12H2,1H3. The van der Waals surface area contributed by atoms with Gasteiger partial charge in [0.05, 0.1) is 0 Å². The molecule has 0 saturated heterocycles. The SMILES string of the molecule is Cc1cn(C[C]2[CH][CH][CH][CH]2)c(=O)n(C(=O)c2ccccc2)c1=O. The molecule has 0 bridgehead atoms. The van der Waals surface area contributed by atoms with Crippen LogP contribution in [-0.4, -0.2) is 15.0 Å². The molecule has 1 saturated carbocycles. The number of rotatable bonds is 3. The Balaban J connectivity index is 2.05. The van der Waals surface area contributed by atoms with Crippen LogP contribution in [0.2, 0.25) is 0 Å². The Kier molecular flexibility index (Phi) is 4.28. The van der Waals surface area contributed by atoms with Gasteiger partial charge in [-0.05, 0) is 44.7 Å². The fourth-order valence-electron chi connectivity index (χ4n) is 2.45. The first-order chi connectivity index (χ1) is 11.1. The van der Waals surface area contributed by atoms with Crippen molar-refractivity contribution in [3.05, 3.63) is 100 Å². The number of nitrogens with zero attached hydrogens (tertiary/aromatic N) is 2. The summed E-state index contributed by atoms with van der Waals surface area (Å²) in [4.78, 5) is 37.4. The highest BCUT2D eigenvalue weighted by Gasteiger charge is 2.21. The molecule has 2 aromatic rings. The highest BCUT2D eigenvalue weighted by molar-refractivity contribution is 5.95. The number of aryl methyl sites for hydroxylation is 1. The van der Waals surface area contributed by atoms with E-state index < -0.39 is 17.2 Å². The third kappa shape index (κ3) is 3.04. The second kappa shape index (κ2) is 6.36. The fourth-order valence-corrected chi connectivity index (χ4v) is 2.45. The maximum Gasteiger partial charge on any atom is 0.338 e. The van der Waals surface area contributed by atoms with Crippen molar-refractivity contribution in [3.63, 3.8) is 0 Å². The lowest BCUT2D eigenvalue weighted by Gasteiger charge is -2.13. The molecule has 5 radical (unpaired) electrons. The fraction of sp³-hybridized carbons (Fsp3) is 0.111. The average molecular weight is 307 g/mol. The first-order valence-corrected chi connectivity index (χ1v) is 7.21. The van der Waals surface area contributed by atoms with Crippen molar-refractivity contribution >= 4 is 5.91 Å². The molecule has 115 valence electrons. The number of benzene rings is 1. The zero-order valence-electron chi connectivity index (χ0n) is 12.6. The molecule has 5 nitrogen and oxygen atoms in total. The molecule has 1 fully saturated rings. The van der Waals surface area contributed by atoms with Crippen LogP contribution in [0.4, 0.5) is 0 Å². The highest BCUT2D eigenvalue weighted by Crippen LogP contribution is 2.23. The minimum absolute atomic E-state index is 0.303. The minimum Gasteiger partial charge on any atom is -0.299 e. The maximum absolute atomic E-state index is 12.6. The molecule has 0 amide bonds. The van der Waals surface area contributed by atoms with Crippen LogP contribution >= 0.6 is 0 Å². The van der Waals surface area contributed by atoms with Gasteiger partial charge in [0.15, 0.2) is 0 Å². The van der Waals surface area contributed by atoms with Gasteiger partial charge in [-0.2, -0.15) is 4.57 Å². The van der Waals surface area contributed by atoms with E-state index in [9.17, 15) is 14.4 Å². The Morgan fingerprint density at radius 3 is 2.35 bits per heavy atom. The van der Waals surface area contributed by atoms with E-state index in [1.165, 1.54) is 10.8 Å². The lowest BCUT2D eigenvalue weighted by atomic mass is 10.1. The van der Waals surface area contributed by atoms with Gasteiger partial charge in [0.25, 0.3) is 11.5 Å². The summed E-state index contributed by atoms with van der Waals surface area (Å²) < 4.78 is 2.08. The Morgan fingerprint density at radius 1 is 1.04 bits per heavy atom. The van der Waals surface area contributed by atoms with Gasteiger partial charge in [-0.25, -0.2) is 4.79 Å². The van der Waals surface area contributed by atoms with Gasteiger partial charge in [-0.15, -0.1) is 0 Å². The summed E-state index contributed by atoms with van der Waals surface area (Å²) in [6.07, 6.45) is 9.01. The highest BCUT2D eigenvalue weighted by atomic mass is 16.2. The van der Waals surface area contributed by atoms with Crippen LogP contribution < -0.4 is 11.2 Å². The number of carbonyl (C=O) groups is 1. The number of aromatic nitrogens is 2. The van der Waals surface area contributed by atoms with Gasteiger partial charge in [0.2, 0.25) is 0 Å². The molecule has 0 aliphatic heterocycles. The first kappa shape index (κ1) is 15.5. The molecule has 1 aliphatic rings. The van der Waals surface area contributed by atoms with E-state index in [1.54, 1.807) is 37.3 Å². The number of hydrogen-bond acceptors (Lipinski definition) is 3. The third-order valence-corrected chi connectivity index (χ3v) is 3.64. The summed E-state index contributed by atoms with van der Waals surface area (Å²) >= 11 is 0. The topological polar surface area (TPSA) is 61.1 Å². The Hall–Kier alpha value is -2.43. The molecule has 0 N–H and O–H groups in total. The van der Waals surface area contributed by atoms with Crippen LogP contribution in [0.25, 0.3) is 0 Å². The van der Waals surface area contributed by atoms with Crippen molar-refractivity contribution in [3.8, 4) is 0 Å². The van der Waals surface area contributed by atoms with Crippen molar-refractivity contribution in [2.24, 2.45) is 0 Å². The van der Waals surface area contributed by atoms with Crippen molar-refractivity contribution in [1.29, 1.82) is 0 Å². The van der Waals surface area contributed by atoms with Crippen molar-refractivity contribution in [2.45, 2.75) is 13.5 Å². The van der Waals surface area contributed by atoms with Crippen molar-refractivity contribution in [1.82, 2.24) is 9.13 Å². The predicted octanol–water partition coefficient (Wildman–Crippen LogP) is 1.41. The second-order valence-corrected chi connectivity index (χ2v) is 5.33. The monoisotopic (exact) mass is 307 g/mol. The van der Waals surface area contributed by atoms with E-state index >= 15 is 0 Å². The van der Waals surface area contributed by atoms with E-state index in [2.05, 4.69) is 0 Å². The summed E-state index contributed by atoms with van der Waals surface area (Å²) in [6.45, 7) is 1.91. The smallest absolute Gasteiger partial charge is 0.299 e. The summed E-state index contributed by atoms with van der Waals surface area (Å²) in [6, 6.07) is 8.31. The van der Waals surface area contributed by atoms with E-state index in [4.69, 9.17) is 0 Å². The van der Waals surface area contributed by atoms with Crippen LogP contribution in [-0.2, 0) is 6.54 Å². The molecule has 1 aromatic heterocycles. The first-order valence-electron chi connectivity index (χ1n) is 7.21. The molecule has 0 unspecified atom stereocenters. The van der Waals surface area contributed by atoms with Gasteiger partial charge in [0, 0.05) is 29.8 Å². The largest absolute Gasteiger partial charge is 0.338 e. The van der Waals surface area contributed by atoms with Crippen LogP contribution in [0.15, 0.2) is 46.1 Å². The Labute approximate surface area is 134 Å². The van der Waals surface area contributed by atoms with Gasteiger partial charge in [-0.3, -0.25) is 14.2 Å². The lowest BCUT2D eigenvalue weighted by Crippen LogP contribution is -2.45. The molecule has 3 rings (SSSR count). The summed E-state index contributed by atoms with van der Waals surface area (Å²) in [5.41, 5.74) is -0.559. The molecule has 0 atom stereocenters. The van der Waals surface area contributed by atoms with Gasteiger partial charge < -0.3 is 0 Å². The second-order valence-electron chi connectivity index (χ2n) is 5.33. The Bertz CT molecular complexity index is 828. The van der Waals surface area contributed by atoms with E-state index in [-0.39, 0.29) is 0 Å². The summed E-state index contributed by atoms with van der Waals surface area (Å²) in [5, 5.41) is 0. The molecule has 0 spiro atoms. The quantitative estimate of drug-likeness (QED) is 0.861. The normalized spacial score (nSPS) is 15.0. The van der Waals surface area contributed by atoms with E-state index in [0.717, 1.165) is 5.92 Å². The summed E-state index contributed by atoms with van der Waals surface area (Å²) in [7, 11) is 0. The van der Waals surface area contributed by atoms with Gasteiger partial charge in [0.1, 0.15) is 0 Å². The van der Waals surface area contributed by atoms with Crippen molar-refractivity contribution < 1.29 is 4.79 Å². The molecular formula is C18H15N2O3. The van der Waals surface area contributed by atoms with Crippen molar-refractivity contribution in [2.75, 3.05) is 0 Å². The number of carbonyl (C=O) groups excluding carboxylic acids is 1. The predicted molar refractivity (Wildman–Crippen MR) is 86.3 cm³/mol. The zero-order chi connectivity index (χ0) is 16.4. The van der Waals surface area contributed by atoms with E-state index in [1.807, 2.05) is 25.7 Å². The molecular weight excluding hydrogens is 292 g/mol. The Morgan fingerprint density at radius 2 is 1.70 bits per heavy atom. The van der Waals surface area contributed by atoms with Crippen LogP contribution in [0.3, 0.4) is 0 Å². The van der Waals surface area contributed by atoms with E-state index in [0.29, 0.717) is 22.2 Å². The maximum atomic E-state index is 12.6. The minimum atomic E-state index is -0.629. The molecule has 23 heavy (non-hydrogen) atoms. The lowest BCUT2D eigenvalue weighted by molar-refractivity contribution is 0.0948. The van der Waals surface area contributed by atoms with Gasteiger partial charge >= 0.3 is 5.69 Å².